The molecule has 0 aliphatic heterocycles. The van der Waals surface area contributed by atoms with Crippen molar-refractivity contribution >= 4 is 11.6 Å². The number of hydrogen-bond donors (Lipinski definition) is 5. The van der Waals surface area contributed by atoms with Crippen molar-refractivity contribution in [2.45, 2.75) is 12.5 Å². The first-order valence-corrected chi connectivity index (χ1v) is 4.79. The van der Waals surface area contributed by atoms with Gasteiger partial charge in [0.05, 0.1) is 6.61 Å². The SMILES string of the molecule is CC(O)(CO)CNc1nc(NN)c(F)cc1F. The molecule has 0 aromatic carbocycles. The maximum absolute atomic E-state index is 13.3. The third-order valence-electron chi connectivity index (χ3n) is 2.04. The van der Waals surface area contributed by atoms with Gasteiger partial charge in [0.25, 0.3) is 0 Å². The van der Waals surface area contributed by atoms with Crippen LogP contribution in [0.2, 0.25) is 0 Å². The lowest BCUT2D eigenvalue weighted by atomic mass is 10.1. The topological polar surface area (TPSA) is 103 Å². The van der Waals surface area contributed by atoms with Crippen LogP contribution >= 0.6 is 0 Å². The molecule has 1 aromatic rings. The average molecular weight is 248 g/mol. The van der Waals surface area contributed by atoms with Crippen LogP contribution in [-0.2, 0) is 0 Å². The summed E-state index contributed by atoms with van der Waals surface area (Å²) in [6.07, 6.45) is 0. The third-order valence-corrected chi connectivity index (χ3v) is 2.04. The number of nitrogen functional groups attached to an aromatic ring is 1. The molecule has 0 bridgehead atoms. The molecule has 0 spiro atoms. The number of pyridine rings is 1. The van der Waals surface area contributed by atoms with E-state index in [0.717, 1.165) is 0 Å². The summed E-state index contributed by atoms with van der Waals surface area (Å²) in [7, 11) is 0. The highest BCUT2D eigenvalue weighted by atomic mass is 19.1. The molecule has 0 amide bonds. The van der Waals surface area contributed by atoms with Crippen LogP contribution in [0.5, 0.6) is 0 Å². The second kappa shape index (κ2) is 5.21. The van der Waals surface area contributed by atoms with Crippen molar-refractivity contribution in [3.63, 3.8) is 0 Å². The maximum atomic E-state index is 13.3. The summed E-state index contributed by atoms with van der Waals surface area (Å²) in [4.78, 5) is 3.54. The molecule has 96 valence electrons. The summed E-state index contributed by atoms with van der Waals surface area (Å²) in [5.74, 6) is 2.55. The molecule has 6 nitrogen and oxygen atoms in total. The Balaban J connectivity index is 2.84. The first kappa shape index (κ1) is 13.6. The summed E-state index contributed by atoms with van der Waals surface area (Å²) >= 11 is 0. The van der Waals surface area contributed by atoms with E-state index in [2.05, 4.69) is 10.3 Å². The number of nitrogens with zero attached hydrogens (tertiary/aromatic N) is 1. The van der Waals surface area contributed by atoms with Crippen molar-refractivity contribution in [3.05, 3.63) is 17.7 Å². The van der Waals surface area contributed by atoms with Crippen LogP contribution in [-0.4, -0.2) is 33.9 Å². The highest BCUT2D eigenvalue weighted by Gasteiger charge is 2.20. The van der Waals surface area contributed by atoms with Crippen LogP contribution in [0.4, 0.5) is 20.4 Å². The minimum absolute atomic E-state index is 0.150. The zero-order valence-corrected chi connectivity index (χ0v) is 9.17. The van der Waals surface area contributed by atoms with E-state index in [1.807, 2.05) is 5.43 Å². The molecular formula is C9H14F2N4O2. The molecule has 1 aromatic heterocycles. The van der Waals surface area contributed by atoms with Crippen LogP contribution in [0.3, 0.4) is 0 Å². The second-order valence-electron chi connectivity index (χ2n) is 3.80. The molecule has 0 aliphatic rings. The van der Waals surface area contributed by atoms with Crippen molar-refractivity contribution in [3.8, 4) is 0 Å². The van der Waals surface area contributed by atoms with Gasteiger partial charge in [-0.2, -0.15) is 0 Å². The Morgan fingerprint density at radius 1 is 1.41 bits per heavy atom. The van der Waals surface area contributed by atoms with Gasteiger partial charge in [0.2, 0.25) is 0 Å². The number of aliphatic hydroxyl groups excluding tert-OH is 1. The molecule has 0 saturated carbocycles. The monoisotopic (exact) mass is 248 g/mol. The zero-order valence-electron chi connectivity index (χ0n) is 9.17. The number of hydrogen-bond acceptors (Lipinski definition) is 6. The smallest absolute Gasteiger partial charge is 0.178 e. The van der Waals surface area contributed by atoms with Crippen LogP contribution < -0.4 is 16.6 Å². The van der Waals surface area contributed by atoms with Crippen molar-refractivity contribution in [2.24, 2.45) is 5.84 Å². The number of anilines is 2. The van der Waals surface area contributed by atoms with Gasteiger partial charge >= 0.3 is 0 Å². The number of nitrogens with one attached hydrogen (secondary N) is 2. The highest BCUT2D eigenvalue weighted by Crippen LogP contribution is 2.18. The lowest BCUT2D eigenvalue weighted by molar-refractivity contribution is 0.0131. The van der Waals surface area contributed by atoms with Crippen molar-refractivity contribution in [1.82, 2.24) is 4.98 Å². The number of halogens is 2. The van der Waals surface area contributed by atoms with Crippen LogP contribution in [0.1, 0.15) is 6.92 Å². The Morgan fingerprint density at radius 2 is 2.00 bits per heavy atom. The zero-order chi connectivity index (χ0) is 13.1. The minimum atomic E-state index is -1.43. The van der Waals surface area contributed by atoms with Gasteiger partial charge in [-0.1, -0.05) is 0 Å². The number of aliphatic hydroxyl groups is 2. The molecule has 0 saturated heterocycles. The van der Waals surface area contributed by atoms with Gasteiger partial charge < -0.3 is 21.0 Å². The Morgan fingerprint density at radius 3 is 2.53 bits per heavy atom. The van der Waals surface area contributed by atoms with Gasteiger partial charge in [0.15, 0.2) is 23.3 Å². The molecule has 17 heavy (non-hydrogen) atoms. The Hall–Kier alpha value is -1.51. The predicted octanol–water partition coefficient (Wildman–Crippen LogP) is -0.199. The van der Waals surface area contributed by atoms with Gasteiger partial charge in [0.1, 0.15) is 5.60 Å². The fourth-order valence-electron chi connectivity index (χ4n) is 1.02. The van der Waals surface area contributed by atoms with E-state index in [1.54, 1.807) is 0 Å². The fraction of sp³-hybridized carbons (Fsp3) is 0.444. The first-order valence-electron chi connectivity index (χ1n) is 4.79. The number of nitrogens with two attached hydrogens (primary N) is 1. The lowest BCUT2D eigenvalue weighted by Gasteiger charge is -2.21. The molecule has 8 heteroatoms. The molecule has 1 heterocycles. The molecular weight excluding hydrogens is 234 g/mol. The quantitative estimate of drug-likeness (QED) is 0.365. The van der Waals surface area contributed by atoms with Gasteiger partial charge in [-0.05, 0) is 6.92 Å². The standard InChI is InChI=1S/C9H14F2N4O2/c1-9(17,4-16)3-13-7-5(10)2-6(11)8(14-7)15-12/h2,16-17H,3-4,12H2,1H3,(H2,13,14,15). The largest absolute Gasteiger partial charge is 0.393 e. The molecule has 1 unspecified atom stereocenters. The molecule has 6 N–H and O–H groups in total. The van der Waals surface area contributed by atoms with E-state index in [1.165, 1.54) is 6.92 Å². The summed E-state index contributed by atoms with van der Waals surface area (Å²) in [6.45, 7) is 0.692. The second-order valence-corrected chi connectivity index (χ2v) is 3.80. The predicted molar refractivity (Wildman–Crippen MR) is 58.2 cm³/mol. The van der Waals surface area contributed by atoms with Crippen LogP contribution in [0, 0.1) is 11.6 Å². The summed E-state index contributed by atoms with van der Waals surface area (Å²) in [5.41, 5.74) is 0.538. The van der Waals surface area contributed by atoms with Gasteiger partial charge in [-0.25, -0.2) is 19.6 Å². The van der Waals surface area contributed by atoms with E-state index in [0.29, 0.717) is 6.07 Å². The highest BCUT2D eigenvalue weighted by molar-refractivity contribution is 5.47. The summed E-state index contributed by atoms with van der Waals surface area (Å²) in [5, 5.41) is 20.7. The first-order chi connectivity index (χ1) is 7.89. The van der Waals surface area contributed by atoms with Crippen LogP contribution in [0.25, 0.3) is 0 Å². The normalized spacial score (nSPS) is 14.2. The summed E-state index contributed by atoms with van der Waals surface area (Å²) in [6, 6.07) is 0.609. The summed E-state index contributed by atoms with van der Waals surface area (Å²) < 4.78 is 26.3. The molecule has 1 rings (SSSR count). The molecule has 1 atom stereocenters. The van der Waals surface area contributed by atoms with Gasteiger partial charge in [-0.15, -0.1) is 0 Å². The van der Waals surface area contributed by atoms with E-state index in [4.69, 9.17) is 10.9 Å². The van der Waals surface area contributed by atoms with E-state index in [-0.39, 0.29) is 18.2 Å². The lowest BCUT2D eigenvalue weighted by Crippen LogP contribution is -2.37. The number of aromatic nitrogens is 1. The molecule has 0 fully saturated rings. The van der Waals surface area contributed by atoms with Gasteiger partial charge in [0, 0.05) is 12.6 Å². The van der Waals surface area contributed by atoms with E-state index < -0.39 is 23.8 Å². The molecule has 0 radical (unpaired) electrons. The Kier molecular flexibility index (Phi) is 4.16. The maximum Gasteiger partial charge on any atom is 0.178 e. The number of rotatable bonds is 5. The molecule has 0 aliphatic carbocycles. The van der Waals surface area contributed by atoms with E-state index in [9.17, 15) is 13.9 Å². The van der Waals surface area contributed by atoms with Crippen molar-refractivity contribution < 1.29 is 19.0 Å². The number of hydrazine groups is 1. The van der Waals surface area contributed by atoms with Crippen molar-refractivity contribution in [2.75, 3.05) is 23.9 Å². The Labute approximate surface area is 96.4 Å². The van der Waals surface area contributed by atoms with Crippen molar-refractivity contribution in [1.29, 1.82) is 0 Å². The third kappa shape index (κ3) is 3.48. The average Bonchev–Trinajstić information content (AvgIpc) is 2.28. The van der Waals surface area contributed by atoms with Crippen LogP contribution in [0.15, 0.2) is 6.07 Å². The fourth-order valence-corrected chi connectivity index (χ4v) is 1.02. The van der Waals surface area contributed by atoms with Gasteiger partial charge in [-0.3, -0.25) is 0 Å². The Bertz CT molecular complexity index is 401. The minimum Gasteiger partial charge on any atom is -0.393 e. The van der Waals surface area contributed by atoms with E-state index >= 15 is 0 Å².